The van der Waals surface area contributed by atoms with E-state index in [0.29, 0.717) is 5.75 Å². The molecule has 3 fully saturated rings. The van der Waals surface area contributed by atoms with Gasteiger partial charge in [-0.2, -0.15) is 0 Å². The highest BCUT2D eigenvalue weighted by Crippen LogP contribution is 2.54. The molecule has 0 amide bonds. The van der Waals surface area contributed by atoms with Gasteiger partial charge in [-0.3, -0.25) is 4.79 Å². The van der Waals surface area contributed by atoms with Gasteiger partial charge in [-0.05, 0) is 54.7 Å². The molecule has 2 aromatic rings. The van der Waals surface area contributed by atoms with Crippen molar-refractivity contribution in [2.24, 2.45) is 11.8 Å². The minimum Gasteiger partial charge on any atom is -0.454 e. The van der Waals surface area contributed by atoms with Crippen LogP contribution in [0.15, 0.2) is 42.5 Å². The number of hydrogen-bond donors (Lipinski definition) is 1. The Labute approximate surface area is 163 Å². The molecule has 2 saturated heterocycles. The summed E-state index contributed by atoms with van der Waals surface area (Å²) in [5.74, 6) is -0.656. The van der Waals surface area contributed by atoms with Gasteiger partial charge >= 0.3 is 0 Å². The number of rotatable bonds is 4. The van der Waals surface area contributed by atoms with Gasteiger partial charge in [-0.25, -0.2) is 4.39 Å². The number of ether oxygens (including phenoxy) is 2. The molecule has 0 aromatic heterocycles. The van der Waals surface area contributed by atoms with Crippen LogP contribution >= 0.6 is 0 Å². The second kappa shape index (κ2) is 6.68. The lowest BCUT2D eigenvalue weighted by Crippen LogP contribution is -2.31. The molecule has 1 aliphatic carbocycles. The quantitative estimate of drug-likeness (QED) is 0.868. The molecule has 2 heterocycles. The second-order valence-electron chi connectivity index (χ2n) is 8.01. The largest absolute Gasteiger partial charge is 0.454 e. The average Bonchev–Trinajstić information content (AvgIpc) is 3.37. The summed E-state index contributed by atoms with van der Waals surface area (Å²) in [7, 11) is 0. The molecule has 28 heavy (non-hydrogen) atoms. The van der Waals surface area contributed by atoms with Gasteiger partial charge < -0.3 is 14.6 Å². The summed E-state index contributed by atoms with van der Waals surface area (Å²) in [5.41, 5.74) is 1.80. The predicted molar refractivity (Wildman–Crippen MR) is 101 cm³/mol. The SMILES string of the molecule is CCc1ccc(Oc2ccccc2F)cc1C1C(=O)C2C3CCC(O3)C2C1O. The molecule has 2 bridgehead atoms. The zero-order valence-electron chi connectivity index (χ0n) is 15.7. The van der Waals surface area contributed by atoms with Crippen molar-refractivity contribution in [3.05, 3.63) is 59.4 Å². The normalized spacial score (nSPS) is 33.3. The molecule has 0 radical (unpaired) electrons. The summed E-state index contributed by atoms with van der Waals surface area (Å²) < 4.78 is 25.6. The number of aryl methyl sites for hydroxylation is 1. The molecule has 4 nitrogen and oxygen atoms in total. The number of aliphatic hydroxyl groups is 1. The highest BCUT2D eigenvalue weighted by atomic mass is 19.1. The van der Waals surface area contributed by atoms with Gasteiger partial charge in [-0.1, -0.05) is 25.1 Å². The molecule has 146 valence electrons. The minimum atomic E-state index is -0.748. The molecule has 2 aromatic carbocycles. The first-order valence-electron chi connectivity index (χ1n) is 10.0. The highest BCUT2D eigenvalue weighted by Gasteiger charge is 2.62. The Bertz CT molecular complexity index is 927. The first-order valence-corrected chi connectivity index (χ1v) is 10.0. The van der Waals surface area contributed by atoms with Gasteiger partial charge in [-0.15, -0.1) is 0 Å². The summed E-state index contributed by atoms with van der Waals surface area (Å²) >= 11 is 0. The average molecular weight is 382 g/mol. The van der Waals surface area contributed by atoms with Crippen molar-refractivity contribution in [3.63, 3.8) is 0 Å². The Morgan fingerprint density at radius 2 is 1.96 bits per heavy atom. The van der Waals surface area contributed by atoms with Crippen molar-refractivity contribution < 1.29 is 23.8 Å². The third kappa shape index (κ3) is 2.60. The van der Waals surface area contributed by atoms with E-state index in [9.17, 15) is 14.3 Å². The van der Waals surface area contributed by atoms with Crippen LogP contribution in [0.1, 0.15) is 36.8 Å². The Kier molecular flexibility index (Phi) is 4.25. The van der Waals surface area contributed by atoms with Crippen LogP contribution in [0.3, 0.4) is 0 Å². The Balaban J connectivity index is 1.51. The maximum atomic E-state index is 14.0. The van der Waals surface area contributed by atoms with Gasteiger partial charge in [0, 0.05) is 5.92 Å². The predicted octanol–water partition coefficient (Wildman–Crippen LogP) is 4.00. The molecule has 6 unspecified atom stereocenters. The van der Waals surface area contributed by atoms with Crippen molar-refractivity contribution >= 4 is 5.78 Å². The number of benzene rings is 2. The molecule has 5 rings (SSSR count). The van der Waals surface area contributed by atoms with E-state index in [0.717, 1.165) is 30.4 Å². The van der Waals surface area contributed by atoms with Crippen molar-refractivity contribution in [2.75, 3.05) is 0 Å². The summed E-state index contributed by atoms with van der Waals surface area (Å²) in [6.45, 7) is 2.02. The second-order valence-corrected chi connectivity index (χ2v) is 8.01. The maximum absolute atomic E-state index is 14.0. The van der Waals surface area contributed by atoms with Gasteiger partial charge in [0.1, 0.15) is 11.5 Å². The fraction of sp³-hybridized carbons (Fsp3) is 0.435. The standard InChI is InChI=1S/C23H23FO4/c1-2-12-7-8-13(27-16-6-4-3-5-15(16)24)11-14(12)19-22(25)20-17-9-10-18(28-17)21(20)23(19)26/h3-8,11,17-22,25H,2,9-10H2,1H3. The fourth-order valence-electron chi connectivity index (χ4n) is 5.36. The number of Topliss-reactive ketones (excluding diaryl/α,β-unsaturated/α-hetero) is 1. The number of para-hydroxylation sites is 1. The van der Waals surface area contributed by atoms with Crippen LogP contribution in [-0.4, -0.2) is 29.2 Å². The van der Waals surface area contributed by atoms with Crippen LogP contribution in [0.4, 0.5) is 4.39 Å². The smallest absolute Gasteiger partial charge is 0.165 e. The van der Waals surface area contributed by atoms with E-state index in [-0.39, 0.29) is 35.6 Å². The molecule has 0 spiro atoms. The summed E-state index contributed by atoms with van der Waals surface area (Å²) in [4.78, 5) is 13.2. The van der Waals surface area contributed by atoms with Crippen molar-refractivity contribution in [2.45, 2.75) is 50.4 Å². The number of ketones is 1. The maximum Gasteiger partial charge on any atom is 0.165 e. The zero-order valence-corrected chi connectivity index (χ0v) is 15.7. The van der Waals surface area contributed by atoms with Crippen LogP contribution in [0, 0.1) is 17.7 Å². The molecule has 6 atom stereocenters. The lowest BCUT2D eigenvalue weighted by molar-refractivity contribution is -0.124. The van der Waals surface area contributed by atoms with E-state index in [1.807, 2.05) is 13.0 Å². The lowest BCUT2D eigenvalue weighted by atomic mass is 9.81. The third-order valence-corrected chi connectivity index (χ3v) is 6.60. The summed E-state index contributed by atoms with van der Waals surface area (Å²) in [6.07, 6.45) is 1.74. The molecule has 2 aliphatic heterocycles. The van der Waals surface area contributed by atoms with E-state index in [1.165, 1.54) is 6.07 Å². The number of hydrogen-bond acceptors (Lipinski definition) is 4. The molecule has 3 aliphatic rings. The van der Waals surface area contributed by atoms with E-state index >= 15 is 0 Å². The molecule has 5 heteroatoms. The lowest BCUT2D eigenvalue weighted by Gasteiger charge is -2.23. The Hall–Kier alpha value is -2.24. The molecular formula is C23H23FO4. The summed E-state index contributed by atoms with van der Waals surface area (Å²) in [5, 5.41) is 11.0. The number of carbonyl (C=O) groups is 1. The number of halogens is 1. The van der Waals surface area contributed by atoms with Gasteiger partial charge in [0.2, 0.25) is 0 Å². The fourth-order valence-corrected chi connectivity index (χ4v) is 5.36. The van der Waals surface area contributed by atoms with Crippen molar-refractivity contribution in [1.29, 1.82) is 0 Å². The molecular weight excluding hydrogens is 359 g/mol. The molecule has 1 saturated carbocycles. The van der Waals surface area contributed by atoms with Gasteiger partial charge in [0.05, 0.1) is 30.1 Å². The Morgan fingerprint density at radius 3 is 2.71 bits per heavy atom. The highest BCUT2D eigenvalue weighted by molar-refractivity contribution is 5.93. The van der Waals surface area contributed by atoms with Crippen LogP contribution < -0.4 is 4.74 Å². The Morgan fingerprint density at radius 1 is 1.18 bits per heavy atom. The molecule has 1 N–H and O–H groups in total. The van der Waals surface area contributed by atoms with Crippen LogP contribution in [0.25, 0.3) is 0 Å². The van der Waals surface area contributed by atoms with E-state index in [4.69, 9.17) is 9.47 Å². The van der Waals surface area contributed by atoms with E-state index in [2.05, 4.69) is 0 Å². The van der Waals surface area contributed by atoms with E-state index in [1.54, 1.807) is 30.3 Å². The van der Waals surface area contributed by atoms with Crippen molar-refractivity contribution in [3.8, 4) is 11.5 Å². The summed E-state index contributed by atoms with van der Waals surface area (Å²) in [6, 6.07) is 11.7. The zero-order chi connectivity index (χ0) is 19.4. The van der Waals surface area contributed by atoms with Crippen LogP contribution in [0.5, 0.6) is 11.5 Å². The van der Waals surface area contributed by atoms with Crippen molar-refractivity contribution in [1.82, 2.24) is 0 Å². The number of aliphatic hydroxyl groups excluding tert-OH is 1. The first-order chi connectivity index (χ1) is 13.6. The van der Waals surface area contributed by atoms with Crippen LogP contribution in [-0.2, 0) is 16.0 Å². The van der Waals surface area contributed by atoms with Gasteiger partial charge in [0.15, 0.2) is 11.6 Å². The number of fused-ring (bicyclic) bond motifs is 5. The monoisotopic (exact) mass is 382 g/mol. The minimum absolute atomic E-state index is 0.0122. The van der Waals surface area contributed by atoms with E-state index < -0.39 is 17.8 Å². The third-order valence-electron chi connectivity index (χ3n) is 6.60. The number of carbonyl (C=O) groups excluding carboxylic acids is 1. The topological polar surface area (TPSA) is 55.8 Å². The van der Waals surface area contributed by atoms with Gasteiger partial charge in [0.25, 0.3) is 0 Å². The van der Waals surface area contributed by atoms with Crippen LogP contribution in [0.2, 0.25) is 0 Å². The first kappa shape index (κ1) is 17.8.